The van der Waals surface area contributed by atoms with Gasteiger partial charge in [0.25, 0.3) is 0 Å². The third-order valence-electron chi connectivity index (χ3n) is 2.76. The highest BCUT2D eigenvalue weighted by atomic mass is 32.1. The van der Waals surface area contributed by atoms with E-state index in [0.717, 1.165) is 19.5 Å². The summed E-state index contributed by atoms with van der Waals surface area (Å²) in [5.41, 5.74) is 0. The summed E-state index contributed by atoms with van der Waals surface area (Å²) in [6.07, 6.45) is 0.961. The first-order chi connectivity index (χ1) is 7.27. The molecule has 2 heterocycles. The Morgan fingerprint density at radius 1 is 1.73 bits per heavy atom. The van der Waals surface area contributed by atoms with Crippen LogP contribution < -0.4 is 10.6 Å². The summed E-state index contributed by atoms with van der Waals surface area (Å²) in [6, 6.07) is 4.21. The van der Waals surface area contributed by atoms with Crippen molar-refractivity contribution in [3.05, 3.63) is 22.4 Å². The second-order valence-corrected chi connectivity index (χ2v) is 4.91. The van der Waals surface area contributed by atoms with Crippen LogP contribution in [-0.2, 0) is 4.79 Å². The van der Waals surface area contributed by atoms with Crippen molar-refractivity contribution < 1.29 is 4.79 Å². The molecule has 1 aliphatic rings. The summed E-state index contributed by atoms with van der Waals surface area (Å²) in [5.74, 6) is 0.341. The van der Waals surface area contributed by atoms with Gasteiger partial charge in [0.15, 0.2) is 0 Å². The monoisotopic (exact) mass is 224 g/mol. The number of hydrogen-bond acceptors (Lipinski definition) is 3. The molecule has 0 aliphatic carbocycles. The summed E-state index contributed by atoms with van der Waals surface area (Å²) < 4.78 is 0. The smallest absolute Gasteiger partial charge is 0.224 e. The van der Waals surface area contributed by atoms with Crippen molar-refractivity contribution in [2.24, 2.45) is 5.92 Å². The van der Waals surface area contributed by atoms with Crippen LogP contribution in [0.4, 0.5) is 0 Å². The minimum Gasteiger partial charge on any atom is -0.348 e. The molecule has 1 amide bonds. The number of thiophene rings is 1. The quantitative estimate of drug-likeness (QED) is 0.817. The van der Waals surface area contributed by atoms with E-state index in [1.54, 1.807) is 11.3 Å². The van der Waals surface area contributed by atoms with Crippen LogP contribution in [-0.4, -0.2) is 19.0 Å². The average Bonchev–Trinajstić information content (AvgIpc) is 2.91. The van der Waals surface area contributed by atoms with E-state index in [4.69, 9.17) is 0 Å². The van der Waals surface area contributed by atoms with E-state index in [2.05, 4.69) is 16.7 Å². The molecule has 0 unspecified atom stereocenters. The maximum absolute atomic E-state index is 11.8. The van der Waals surface area contributed by atoms with Gasteiger partial charge in [0.1, 0.15) is 0 Å². The summed E-state index contributed by atoms with van der Waals surface area (Å²) in [6.45, 7) is 3.82. The van der Waals surface area contributed by atoms with E-state index in [-0.39, 0.29) is 17.9 Å². The highest BCUT2D eigenvalue weighted by Gasteiger charge is 2.23. The first kappa shape index (κ1) is 10.6. The van der Waals surface area contributed by atoms with Gasteiger partial charge in [0, 0.05) is 11.4 Å². The van der Waals surface area contributed by atoms with Crippen molar-refractivity contribution in [1.82, 2.24) is 10.6 Å². The molecule has 82 valence electrons. The molecule has 0 spiro atoms. The Morgan fingerprint density at radius 3 is 3.20 bits per heavy atom. The number of carbonyl (C=O) groups is 1. The van der Waals surface area contributed by atoms with E-state index >= 15 is 0 Å². The Labute approximate surface area is 93.9 Å². The van der Waals surface area contributed by atoms with Gasteiger partial charge in [-0.1, -0.05) is 6.07 Å². The predicted octanol–water partition coefficient (Wildman–Crippen LogP) is 1.53. The molecule has 1 fully saturated rings. The Bertz CT molecular complexity index is 317. The molecule has 0 saturated carbocycles. The molecule has 2 rings (SSSR count). The number of hydrogen-bond donors (Lipinski definition) is 2. The largest absolute Gasteiger partial charge is 0.348 e. The number of nitrogens with one attached hydrogen (secondary N) is 2. The maximum atomic E-state index is 11.8. The normalized spacial score (nSPS) is 22.6. The Morgan fingerprint density at radius 2 is 2.60 bits per heavy atom. The van der Waals surface area contributed by atoms with Gasteiger partial charge in [-0.3, -0.25) is 4.79 Å². The van der Waals surface area contributed by atoms with E-state index in [9.17, 15) is 4.79 Å². The fourth-order valence-corrected chi connectivity index (χ4v) is 2.55. The van der Waals surface area contributed by atoms with Crippen molar-refractivity contribution >= 4 is 17.2 Å². The van der Waals surface area contributed by atoms with Gasteiger partial charge in [-0.2, -0.15) is 0 Å². The van der Waals surface area contributed by atoms with Crippen LogP contribution in [0.15, 0.2) is 17.5 Å². The number of rotatable bonds is 3. The van der Waals surface area contributed by atoms with Crippen LogP contribution in [0.5, 0.6) is 0 Å². The predicted molar refractivity (Wildman–Crippen MR) is 61.9 cm³/mol. The molecule has 3 nitrogen and oxygen atoms in total. The van der Waals surface area contributed by atoms with Crippen molar-refractivity contribution in [2.75, 3.05) is 13.1 Å². The zero-order valence-electron chi connectivity index (χ0n) is 8.82. The van der Waals surface area contributed by atoms with E-state index in [0.29, 0.717) is 0 Å². The third kappa shape index (κ3) is 2.58. The summed E-state index contributed by atoms with van der Waals surface area (Å²) in [5, 5.41) is 8.30. The van der Waals surface area contributed by atoms with E-state index in [1.165, 1.54) is 4.88 Å². The molecule has 0 aromatic carbocycles. The van der Waals surface area contributed by atoms with Crippen molar-refractivity contribution in [2.45, 2.75) is 19.4 Å². The van der Waals surface area contributed by atoms with Gasteiger partial charge in [-0.15, -0.1) is 11.3 Å². The lowest BCUT2D eigenvalue weighted by molar-refractivity contribution is -0.125. The van der Waals surface area contributed by atoms with Crippen LogP contribution in [0, 0.1) is 5.92 Å². The van der Waals surface area contributed by atoms with Gasteiger partial charge in [0.2, 0.25) is 5.91 Å². The van der Waals surface area contributed by atoms with Gasteiger partial charge in [-0.25, -0.2) is 0 Å². The van der Waals surface area contributed by atoms with Gasteiger partial charge >= 0.3 is 0 Å². The standard InChI is InChI=1S/C11H16N2OS/c1-8(10-3-2-6-15-10)13-11(14)9-4-5-12-7-9/h2-3,6,8-9,12H,4-5,7H2,1H3,(H,13,14)/t8-,9+/m1/s1. The molecule has 2 N–H and O–H groups in total. The SMILES string of the molecule is C[C@@H](NC(=O)[C@H]1CCNC1)c1cccs1. The maximum Gasteiger partial charge on any atom is 0.224 e. The highest BCUT2D eigenvalue weighted by molar-refractivity contribution is 7.10. The molecular weight excluding hydrogens is 208 g/mol. The zero-order chi connectivity index (χ0) is 10.7. The van der Waals surface area contributed by atoms with Crippen molar-refractivity contribution in [3.63, 3.8) is 0 Å². The van der Waals surface area contributed by atoms with Crippen molar-refractivity contribution in [3.8, 4) is 0 Å². The van der Waals surface area contributed by atoms with Crippen molar-refractivity contribution in [1.29, 1.82) is 0 Å². The Balaban J connectivity index is 1.88. The molecule has 2 atom stereocenters. The molecule has 15 heavy (non-hydrogen) atoms. The third-order valence-corrected chi connectivity index (χ3v) is 3.81. The minimum absolute atomic E-state index is 0.137. The van der Waals surface area contributed by atoms with Crippen LogP contribution >= 0.6 is 11.3 Å². The van der Waals surface area contributed by atoms with Gasteiger partial charge in [-0.05, 0) is 31.3 Å². The second kappa shape index (κ2) is 4.77. The Kier molecular flexibility index (Phi) is 3.38. The van der Waals surface area contributed by atoms with E-state index < -0.39 is 0 Å². The molecule has 0 bridgehead atoms. The first-order valence-corrected chi connectivity index (χ1v) is 6.20. The molecule has 0 radical (unpaired) electrons. The number of carbonyl (C=O) groups excluding carboxylic acids is 1. The highest BCUT2D eigenvalue weighted by Crippen LogP contribution is 2.19. The lowest BCUT2D eigenvalue weighted by atomic mass is 10.1. The lowest BCUT2D eigenvalue weighted by Gasteiger charge is -2.15. The average molecular weight is 224 g/mol. The van der Waals surface area contributed by atoms with Gasteiger partial charge < -0.3 is 10.6 Å². The molecule has 4 heteroatoms. The zero-order valence-corrected chi connectivity index (χ0v) is 9.64. The fourth-order valence-electron chi connectivity index (χ4n) is 1.82. The summed E-state index contributed by atoms with van der Waals surface area (Å²) >= 11 is 1.69. The minimum atomic E-state index is 0.137. The number of amides is 1. The fraction of sp³-hybridized carbons (Fsp3) is 0.545. The van der Waals surface area contributed by atoms with Crippen LogP contribution in [0.25, 0.3) is 0 Å². The van der Waals surface area contributed by atoms with Gasteiger partial charge in [0.05, 0.1) is 12.0 Å². The van der Waals surface area contributed by atoms with Crippen LogP contribution in [0.2, 0.25) is 0 Å². The lowest BCUT2D eigenvalue weighted by Crippen LogP contribution is -2.33. The Hall–Kier alpha value is -0.870. The topological polar surface area (TPSA) is 41.1 Å². The molecule has 1 saturated heterocycles. The summed E-state index contributed by atoms with van der Waals surface area (Å²) in [7, 11) is 0. The molecule has 1 aromatic heterocycles. The molecular formula is C11H16N2OS. The molecule has 1 aliphatic heterocycles. The first-order valence-electron chi connectivity index (χ1n) is 5.32. The summed E-state index contributed by atoms with van der Waals surface area (Å²) in [4.78, 5) is 13.0. The van der Waals surface area contributed by atoms with Crippen LogP contribution in [0.1, 0.15) is 24.3 Å². The van der Waals surface area contributed by atoms with E-state index in [1.807, 2.05) is 18.4 Å². The van der Waals surface area contributed by atoms with Crippen LogP contribution in [0.3, 0.4) is 0 Å². The second-order valence-electron chi connectivity index (χ2n) is 3.94. The molecule has 1 aromatic rings.